The Morgan fingerprint density at radius 3 is 2.91 bits per heavy atom. The molecule has 1 saturated carbocycles. The number of aryl methyl sites for hydroxylation is 2. The summed E-state index contributed by atoms with van der Waals surface area (Å²) in [5.41, 5.74) is 2.69. The molecule has 0 bridgehead atoms. The predicted octanol–water partition coefficient (Wildman–Crippen LogP) is 1.68. The quantitative estimate of drug-likeness (QED) is 0.922. The minimum atomic E-state index is -0.00916. The summed E-state index contributed by atoms with van der Waals surface area (Å²) in [7, 11) is 0. The number of nitrogens with one attached hydrogen (secondary N) is 1. The molecule has 0 unspecified atom stereocenters. The lowest BCUT2D eigenvalue weighted by molar-refractivity contribution is -0.0581. The molecule has 2 saturated heterocycles. The van der Waals surface area contributed by atoms with Crippen molar-refractivity contribution in [3.8, 4) is 0 Å². The predicted molar refractivity (Wildman–Crippen MR) is 87.4 cm³/mol. The number of hydrogen-bond donors (Lipinski definition) is 1. The highest BCUT2D eigenvalue weighted by Crippen LogP contribution is 2.37. The van der Waals surface area contributed by atoms with Gasteiger partial charge < -0.3 is 10.1 Å². The average molecular weight is 315 g/mol. The minimum absolute atomic E-state index is 0.00916. The first kappa shape index (κ1) is 15.1. The Hall–Kier alpha value is -1.46. The SMILES string of the molecule is Cc1cc(C(=O)N[C@H]2C[C@H]3CO[C@@H](C4CC4)CN3C2)cnc1C. The van der Waals surface area contributed by atoms with E-state index in [2.05, 4.69) is 15.2 Å². The molecule has 3 heterocycles. The fraction of sp³-hybridized carbons (Fsp3) is 0.667. The van der Waals surface area contributed by atoms with Gasteiger partial charge in [0.15, 0.2) is 0 Å². The lowest BCUT2D eigenvalue weighted by atomic mass is 10.1. The summed E-state index contributed by atoms with van der Waals surface area (Å²) in [4.78, 5) is 19.3. The standard InChI is InChI=1S/C18H25N3O2/c1-11-5-14(7-19-12(11)2)18(22)20-15-6-16-10-23-17(13-3-4-13)9-21(16)8-15/h5,7,13,15-17H,3-4,6,8-10H2,1-2H3,(H,20,22)/t15-,16-,17+/m0/s1. The number of carbonyl (C=O) groups excluding carboxylic acids is 1. The van der Waals surface area contributed by atoms with Gasteiger partial charge in [-0.2, -0.15) is 0 Å². The molecule has 1 amide bonds. The highest BCUT2D eigenvalue weighted by molar-refractivity contribution is 5.94. The van der Waals surface area contributed by atoms with E-state index in [1.165, 1.54) is 12.8 Å². The molecule has 1 N–H and O–H groups in total. The number of fused-ring (bicyclic) bond motifs is 1. The molecular weight excluding hydrogens is 290 g/mol. The number of nitrogens with zero attached hydrogens (tertiary/aromatic N) is 2. The molecule has 1 aliphatic carbocycles. The van der Waals surface area contributed by atoms with Crippen LogP contribution in [0.3, 0.4) is 0 Å². The van der Waals surface area contributed by atoms with Crippen molar-refractivity contribution < 1.29 is 9.53 Å². The average Bonchev–Trinajstić information content (AvgIpc) is 3.30. The van der Waals surface area contributed by atoms with Gasteiger partial charge in [0, 0.05) is 37.1 Å². The van der Waals surface area contributed by atoms with E-state index in [1.54, 1.807) is 6.20 Å². The summed E-state index contributed by atoms with van der Waals surface area (Å²) >= 11 is 0. The number of morpholine rings is 1. The van der Waals surface area contributed by atoms with E-state index in [4.69, 9.17) is 4.74 Å². The van der Waals surface area contributed by atoms with Crippen molar-refractivity contribution in [1.29, 1.82) is 0 Å². The molecule has 1 aromatic rings. The number of pyridine rings is 1. The number of ether oxygens (including phenoxy) is 1. The maximum atomic E-state index is 12.5. The van der Waals surface area contributed by atoms with Crippen LogP contribution in [0.15, 0.2) is 12.3 Å². The second-order valence-electron chi connectivity index (χ2n) is 7.35. The van der Waals surface area contributed by atoms with Crippen LogP contribution in [0, 0.1) is 19.8 Å². The van der Waals surface area contributed by atoms with Crippen LogP contribution in [0.25, 0.3) is 0 Å². The van der Waals surface area contributed by atoms with E-state index in [1.807, 2.05) is 19.9 Å². The van der Waals surface area contributed by atoms with Gasteiger partial charge in [0.05, 0.1) is 18.3 Å². The van der Waals surface area contributed by atoms with E-state index in [0.29, 0.717) is 17.7 Å². The van der Waals surface area contributed by atoms with E-state index < -0.39 is 0 Å². The summed E-state index contributed by atoms with van der Waals surface area (Å²) < 4.78 is 6.02. The van der Waals surface area contributed by atoms with E-state index in [-0.39, 0.29) is 11.9 Å². The Labute approximate surface area is 137 Å². The van der Waals surface area contributed by atoms with Crippen LogP contribution < -0.4 is 5.32 Å². The van der Waals surface area contributed by atoms with Crippen LogP contribution in [0.4, 0.5) is 0 Å². The molecule has 0 aromatic carbocycles. The Morgan fingerprint density at radius 1 is 1.35 bits per heavy atom. The first-order valence-electron chi connectivity index (χ1n) is 8.70. The lowest BCUT2D eigenvalue weighted by Crippen LogP contribution is -2.47. The summed E-state index contributed by atoms with van der Waals surface area (Å²) in [5.74, 6) is 0.774. The van der Waals surface area contributed by atoms with Gasteiger partial charge in [-0.25, -0.2) is 0 Å². The zero-order valence-electron chi connectivity index (χ0n) is 13.9. The molecule has 2 aliphatic heterocycles. The zero-order chi connectivity index (χ0) is 16.0. The number of amides is 1. The second kappa shape index (κ2) is 5.87. The van der Waals surface area contributed by atoms with Crippen LogP contribution in [-0.4, -0.2) is 53.7 Å². The van der Waals surface area contributed by atoms with Crippen LogP contribution in [0.1, 0.15) is 40.9 Å². The molecule has 124 valence electrons. The van der Waals surface area contributed by atoms with Crippen molar-refractivity contribution in [3.63, 3.8) is 0 Å². The number of hydrogen-bond acceptors (Lipinski definition) is 4. The molecule has 3 aliphatic rings. The van der Waals surface area contributed by atoms with Gasteiger partial charge in [0.2, 0.25) is 0 Å². The van der Waals surface area contributed by atoms with Crippen molar-refractivity contribution in [2.24, 2.45) is 5.92 Å². The Bertz CT molecular complexity index is 614. The molecule has 0 radical (unpaired) electrons. The van der Waals surface area contributed by atoms with Crippen molar-refractivity contribution >= 4 is 5.91 Å². The van der Waals surface area contributed by atoms with E-state index >= 15 is 0 Å². The van der Waals surface area contributed by atoms with Crippen molar-refractivity contribution in [2.45, 2.75) is 51.3 Å². The van der Waals surface area contributed by atoms with Crippen LogP contribution in [0.2, 0.25) is 0 Å². The first-order chi connectivity index (χ1) is 11.1. The van der Waals surface area contributed by atoms with Gasteiger partial charge in [-0.05, 0) is 50.7 Å². The zero-order valence-corrected chi connectivity index (χ0v) is 13.9. The number of aromatic nitrogens is 1. The van der Waals surface area contributed by atoms with E-state index in [0.717, 1.165) is 43.3 Å². The fourth-order valence-corrected chi connectivity index (χ4v) is 3.79. The van der Waals surface area contributed by atoms with Crippen LogP contribution in [0.5, 0.6) is 0 Å². The summed E-state index contributed by atoms with van der Waals surface area (Å²) in [6, 6.07) is 2.61. The number of carbonyl (C=O) groups is 1. The molecule has 3 atom stereocenters. The molecule has 1 aromatic heterocycles. The topological polar surface area (TPSA) is 54.5 Å². The van der Waals surface area contributed by atoms with Gasteiger partial charge in [-0.1, -0.05) is 0 Å². The molecule has 0 spiro atoms. The molecule has 23 heavy (non-hydrogen) atoms. The third kappa shape index (κ3) is 3.12. The van der Waals surface area contributed by atoms with Crippen molar-refractivity contribution in [3.05, 3.63) is 29.1 Å². The monoisotopic (exact) mass is 315 g/mol. The molecular formula is C18H25N3O2. The summed E-state index contributed by atoms with van der Waals surface area (Å²) in [6.07, 6.45) is 5.73. The highest BCUT2D eigenvalue weighted by atomic mass is 16.5. The van der Waals surface area contributed by atoms with E-state index in [9.17, 15) is 4.79 Å². The Balaban J connectivity index is 1.36. The minimum Gasteiger partial charge on any atom is -0.375 e. The van der Waals surface area contributed by atoms with Gasteiger partial charge in [0.1, 0.15) is 0 Å². The maximum absolute atomic E-state index is 12.5. The first-order valence-corrected chi connectivity index (χ1v) is 8.70. The van der Waals surface area contributed by atoms with Gasteiger partial charge >= 0.3 is 0 Å². The third-order valence-electron chi connectivity index (χ3n) is 5.53. The Kier molecular flexibility index (Phi) is 3.85. The highest BCUT2D eigenvalue weighted by Gasteiger charge is 2.42. The normalized spacial score (nSPS) is 31.0. The fourth-order valence-electron chi connectivity index (χ4n) is 3.79. The molecule has 3 fully saturated rings. The van der Waals surface area contributed by atoms with Gasteiger partial charge in [0.25, 0.3) is 5.91 Å². The Morgan fingerprint density at radius 2 is 2.17 bits per heavy atom. The van der Waals surface area contributed by atoms with Gasteiger partial charge in [-0.3, -0.25) is 14.7 Å². The van der Waals surface area contributed by atoms with Crippen molar-refractivity contribution in [2.75, 3.05) is 19.7 Å². The third-order valence-corrected chi connectivity index (χ3v) is 5.53. The summed E-state index contributed by atoms with van der Waals surface area (Å²) in [6.45, 7) is 6.75. The lowest BCUT2D eigenvalue weighted by Gasteiger charge is -2.35. The molecule has 4 rings (SSSR count). The molecule has 5 heteroatoms. The largest absolute Gasteiger partial charge is 0.375 e. The summed E-state index contributed by atoms with van der Waals surface area (Å²) in [5, 5.41) is 3.18. The van der Waals surface area contributed by atoms with Gasteiger partial charge in [-0.15, -0.1) is 0 Å². The molecule has 5 nitrogen and oxygen atoms in total. The van der Waals surface area contributed by atoms with Crippen LogP contribution in [-0.2, 0) is 4.74 Å². The number of rotatable bonds is 3. The smallest absolute Gasteiger partial charge is 0.253 e. The van der Waals surface area contributed by atoms with Crippen molar-refractivity contribution in [1.82, 2.24) is 15.2 Å². The maximum Gasteiger partial charge on any atom is 0.253 e. The van der Waals surface area contributed by atoms with Crippen LogP contribution >= 0.6 is 0 Å². The second-order valence-corrected chi connectivity index (χ2v) is 7.35.